The topological polar surface area (TPSA) is 41.6 Å². The second kappa shape index (κ2) is 5.08. The molecule has 0 radical (unpaired) electrons. The summed E-state index contributed by atoms with van der Waals surface area (Å²) in [5.74, 6) is 0.208. The van der Waals surface area contributed by atoms with Crippen molar-refractivity contribution in [2.75, 3.05) is 31.1 Å². The molecule has 2 heterocycles. The Morgan fingerprint density at radius 1 is 1.39 bits per heavy atom. The summed E-state index contributed by atoms with van der Waals surface area (Å²) in [6, 6.07) is 8.04. The lowest BCUT2D eigenvalue weighted by atomic mass is 10.2. The number of carbonyl (C=O) groups is 1. The second-order valence-corrected chi connectivity index (χ2v) is 4.84. The van der Waals surface area contributed by atoms with Gasteiger partial charge in [0.05, 0.1) is 19.1 Å². The lowest BCUT2D eigenvalue weighted by Gasteiger charge is -2.26. The summed E-state index contributed by atoms with van der Waals surface area (Å²) >= 11 is 0. The Labute approximate surface area is 107 Å². The van der Waals surface area contributed by atoms with Crippen LogP contribution in [0.25, 0.3) is 0 Å². The van der Waals surface area contributed by atoms with Crippen LogP contribution < -0.4 is 10.2 Å². The third-order valence-corrected chi connectivity index (χ3v) is 3.60. The van der Waals surface area contributed by atoms with Gasteiger partial charge in [-0.15, -0.1) is 0 Å². The van der Waals surface area contributed by atoms with Crippen LogP contribution in [0.3, 0.4) is 0 Å². The summed E-state index contributed by atoms with van der Waals surface area (Å²) in [4.78, 5) is 13.9. The maximum Gasteiger partial charge on any atom is 0.231 e. The number of amides is 1. The number of anilines is 1. The fourth-order valence-electron chi connectivity index (χ4n) is 2.64. The van der Waals surface area contributed by atoms with Crippen molar-refractivity contribution in [3.8, 4) is 0 Å². The molecule has 18 heavy (non-hydrogen) atoms. The minimum atomic E-state index is 0.208. The molecule has 0 saturated carbocycles. The summed E-state index contributed by atoms with van der Waals surface area (Å²) < 4.78 is 5.66. The van der Waals surface area contributed by atoms with Crippen LogP contribution in [0.15, 0.2) is 24.3 Å². The largest absolute Gasteiger partial charge is 0.376 e. The van der Waals surface area contributed by atoms with Crippen LogP contribution in [-0.4, -0.2) is 38.3 Å². The van der Waals surface area contributed by atoms with Gasteiger partial charge in [0.1, 0.15) is 0 Å². The predicted octanol–water partition coefficient (Wildman–Crippen LogP) is 0.954. The van der Waals surface area contributed by atoms with Gasteiger partial charge in [0.2, 0.25) is 5.91 Å². The number of carbonyl (C=O) groups excluding carboxylic acids is 1. The van der Waals surface area contributed by atoms with Crippen molar-refractivity contribution in [2.24, 2.45) is 0 Å². The van der Waals surface area contributed by atoms with E-state index in [9.17, 15) is 4.79 Å². The van der Waals surface area contributed by atoms with Crippen LogP contribution in [0.2, 0.25) is 0 Å². The molecule has 1 saturated heterocycles. The zero-order chi connectivity index (χ0) is 12.4. The average Bonchev–Trinajstić information content (AvgIpc) is 2.73. The number of morpholine rings is 1. The van der Waals surface area contributed by atoms with Gasteiger partial charge < -0.3 is 15.0 Å². The van der Waals surface area contributed by atoms with E-state index in [-0.39, 0.29) is 12.0 Å². The molecule has 4 heteroatoms. The summed E-state index contributed by atoms with van der Waals surface area (Å²) in [5.41, 5.74) is 2.22. The molecule has 0 aliphatic carbocycles. The minimum Gasteiger partial charge on any atom is -0.376 e. The lowest BCUT2D eigenvalue weighted by Crippen LogP contribution is -2.41. The number of fused-ring (bicyclic) bond motifs is 1. The fraction of sp³-hybridized carbons (Fsp3) is 0.500. The molecule has 0 aromatic heterocycles. The fourth-order valence-corrected chi connectivity index (χ4v) is 2.64. The molecule has 1 N–H and O–H groups in total. The third-order valence-electron chi connectivity index (χ3n) is 3.60. The summed E-state index contributed by atoms with van der Waals surface area (Å²) in [6.45, 7) is 3.35. The van der Waals surface area contributed by atoms with Crippen LogP contribution in [0.4, 0.5) is 5.69 Å². The molecule has 1 aromatic carbocycles. The van der Waals surface area contributed by atoms with Gasteiger partial charge in [-0.2, -0.15) is 0 Å². The highest BCUT2D eigenvalue weighted by molar-refractivity contribution is 6.01. The predicted molar refractivity (Wildman–Crippen MR) is 69.7 cm³/mol. The van der Waals surface area contributed by atoms with Crippen molar-refractivity contribution < 1.29 is 9.53 Å². The van der Waals surface area contributed by atoms with Gasteiger partial charge in [-0.05, 0) is 18.1 Å². The van der Waals surface area contributed by atoms with E-state index in [2.05, 4.69) is 5.32 Å². The Balaban J connectivity index is 1.64. The van der Waals surface area contributed by atoms with Gasteiger partial charge >= 0.3 is 0 Å². The molecule has 2 aliphatic rings. The molecule has 1 atom stereocenters. The maximum absolute atomic E-state index is 12.0. The Bertz CT molecular complexity index is 441. The van der Waals surface area contributed by atoms with Gasteiger partial charge in [-0.25, -0.2) is 0 Å². The number of para-hydroxylation sites is 1. The van der Waals surface area contributed by atoms with Crippen molar-refractivity contribution in [3.63, 3.8) is 0 Å². The Morgan fingerprint density at radius 3 is 3.11 bits per heavy atom. The number of nitrogens with zero attached hydrogens (tertiary/aromatic N) is 1. The van der Waals surface area contributed by atoms with E-state index < -0.39 is 0 Å². The Hall–Kier alpha value is -1.39. The first-order chi connectivity index (χ1) is 8.84. The smallest absolute Gasteiger partial charge is 0.231 e. The van der Waals surface area contributed by atoms with E-state index in [0.29, 0.717) is 6.42 Å². The monoisotopic (exact) mass is 246 g/mol. The van der Waals surface area contributed by atoms with Crippen LogP contribution >= 0.6 is 0 Å². The van der Waals surface area contributed by atoms with Gasteiger partial charge in [-0.1, -0.05) is 18.2 Å². The van der Waals surface area contributed by atoms with Gasteiger partial charge in [-0.3, -0.25) is 4.79 Å². The number of ether oxygens (including phenoxy) is 1. The van der Waals surface area contributed by atoms with E-state index in [1.54, 1.807) is 0 Å². The molecule has 1 amide bonds. The first-order valence-corrected chi connectivity index (χ1v) is 6.55. The standard InChI is InChI=1S/C14H18N2O2/c17-14-9-11-3-1-2-4-13(11)16(14)7-5-12-10-15-6-8-18-12/h1-4,12,15H,5-10H2. The van der Waals surface area contributed by atoms with E-state index >= 15 is 0 Å². The Morgan fingerprint density at radius 2 is 2.28 bits per heavy atom. The summed E-state index contributed by atoms with van der Waals surface area (Å²) in [5, 5.41) is 3.31. The first kappa shape index (κ1) is 11.7. The molecule has 1 unspecified atom stereocenters. The van der Waals surface area contributed by atoms with Crippen molar-refractivity contribution >= 4 is 11.6 Å². The van der Waals surface area contributed by atoms with Crippen molar-refractivity contribution in [2.45, 2.75) is 18.9 Å². The zero-order valence-electron chi connectivity index (χ0n) is 10.4. The molecule has 0 bridgehead atoms. The molecule has 1 aromatic rings. The highest BCUT2D eigenvalue weighted by Crippen LogP contribution is 2.28. The molecular formula is C14H18N2O2. The number of benzene rings is 1. The molecular weight excluding hydrogens is 228 g/mol. The Kier molecular flexibility index (Phi) is 3.30. The van der Waals surface area contributed by atoms with Crippen molar-refractivity contribution in [1.82, 2.24) is 5.32 Å². The molecule has 4 nitrogen and oxygen atoms in total. The first-order valence-electron chi connectivity index (χ1n) is 6.55. The highest BCUT2D eigenvalue weighted by atomic mass is 16.5. The molecule has 0 spiro atoms. The van der Waals surface area contributed by atoms with Crippen molar-refractivity contribution in [1.29, 1.82) is 0 Å². The lowest BCUT2D eigenvalue weighted by molar-refractivity contribution is -0.117. The van der Waals surface area contributed by atoms with E-state index in [1.807, 2.05) is 29.2 Å². The summed E-state index contributed by atoms with van der Waals surface area (Å²) in [7, 11) is 0. The third kappa shape index (κ3) is 2.26. The number of rotatable bonds is 3. The minimum absolute atomic E-state index is 0.208. The molecule has 96 valence electrons. The second-order valence-electron chi connectivity index (χ2n) is 4.84. The summed E-state index contributed by atoms with van der Waals surface area (Å²) in [6.07, 6.45) is 1.67. The van der Waals surface area contributed by atoms with Crippen LogP contribution in [0.1, 0.15) is 12.0 Å². The van der Waals surface area contributed by atoms with Crippen molar-refractivity contribution in [3.05, 3.63) is 29.8 Å². The SMILES string of the molecule is O=C1Cc2ccccc2N1CCC1CNCCO1. The van der Waals surface area contributed by atoms with Gasteiger partial charge in [0.15, 0.2) is 0 Å². The number of hydrogen-bond donors (Lipinski definition) is 1. The average molecular weight is 246 g/mol. The van der Waals surface area contributed by atoms with E-state index in [1.165, 1.54) is 0 Å². The quantitative estimate of drug-likeness (QED) is 0.863. The molecule has 3 rings (SSSR count). The molecule has 1 fully saturated rings. The normalized spacial score (nSPS) is 23.2. The molecule has 2 aliphatic heterocycles. The zero-order valence-corrected chi connectivity index (χ0v) is 10.4. The maximum atomic E-state index is 12.0. The van der Waals surface area contributed by atoms with Crippen LogP contribution in [0.5, 0.6) is 0 Å². The van der Waals surface area contributed by atoms with Crippen LogP contribution in [-0.2, 0) is 16.0 Å². The number of hydrogen-bond acceptors (Lipinski definition) is 3. The van der Waals surface area contributed by atoms with E-state index in [0.717, 1.165) is 43.9 Å². The van der Waals surface area contributed by atoms with Gasteiger partial charge in [0.25, 0.3) is 0 Å². The van der Waals surface area contributed by atoms with Gasteiger partial charge in [0, 0.05) is 25.3 Å². The van der Waals surface area contributed by atoms with Crippen LogP contribution in [0, 0.1) is 0 Å². The van der Waals surface area contributed by atoms with E-state index in [4.69, 9.17) is 4.74 Å². The highest BCUT2D eigenvalue weighted by Gasteiger charge is 2.27. The number of nitrogens with one attached hydrogen (secondary N) is 1.